The van der Waals surface area contributed by atoms with Crippen molar-refractivity contribution in [1.82, 2.24) is 4.90 Å². The first-order valence-electron chi connectivity index (χ1n) is 6.02. The van der Waals surface area contributed by atoms with Crippen molar-refractivity contribution in [1.29, 1.82) is 0 Å². The molecule has 1 heterocycles. The van der Waals surface area contributed by atoms with E-state index < -0.39 is 5.54 Å². The maximum absolute atomic E-state index is 11.2. The number of amides is 1. The van der Waals surface area contributed by atoms with Crippen molar-refractivity contribution in [3.8, 4) is 0 Å². The minimum atomic E-state index is -0.700. The highest BCUT2D eigenvalue weighted by atomic mass is 16.1. The van der Waals surface area contributed by atoms with Crippen molar-refractivity contribution in [2.24, 2.45) is 28.7 Å². The van der Waals surface area contributed by atoms with Crippen LogP contribution in [0.5, 0.6) is 0 Å². The molecule has 0 bridgehead atoms. The number of nitrogens with two attached hydrogens (primary N) is 2. The number of primary amides is 1. The summed E-state index contributed by atoms with van der Waals surface area (Å²) in [5.41, 5.74) is 10.9. The minimum absolute atomic E-state index is 0.265. The van der Waals surface area contributed by atoms with E-state index in [9.17, 15) is 4.79 Å². The van der Waals surface area contributed by atoms with Gasteiger partial charge in [-0.05, 0) is 12.3 Å². The summed E-state index contributed by atoms with van der Waals surface area (Å²) in [6.07, 6.45) is 0. The van der Waals surface area contributed by atoms with Crippen molar-refractivity contribution in [3.63, 3.8) is 0 Å². The molecule has 4 nitrogen and oxygen atoms in total. The van der Waals surface area contributed by atoms with Crippen LogP contribution in [0.3, 0.4) is 0 Å². The van der Waals surface area contributed by atoms with E-state index in [1.165, 1.54) is 0 Å². The average Bonchev–Trinajstić information content (AvgIpc) is 2.60. The van der Waals surface area contributed by atoms with E-state index in [0.717, 1.165) is 13.1 Å². The van der Waals surface area contributed by atoms with E-state index in [0.29, 0.717) is 6.04 Å². The molecule has 0 aromatic rings. The maximum atomic E-state index is 11.2. The zero-order chi connectivity index (χ0) is 12.3. The first kappa shape index (κ1) is 11.9. The van der Waals surface area contributed by atoms with E-state index in [4.69, 9.17) is 11.5 Å². The molecule has 3 atom stereocenters. The number of carbonyl (C=O) groups is 1. The fourth-order valence-electron chi connectivity index (χ4n) is 2.93. The highest BCUT2D eigenvalue weighted by Gasteiger charge is 2.70. The second kappa shape index (κ2) is 3.20. The lowest BCUT2D eigenvalue weighted by atomic mass is 9.86. The molecule has 2 rings (SSSR count). The van der Waals surface area contributed by atoms with Gasteiger partial charge in [-0.3, -0.25) is 9.69 Å². The zero-order valence-corrected chi connectivity index (χ0v) is 10.7. The van der Waals surface area contributed by atoms with Crippen molar-refractivity contribution < 1.29 is 4.79 Å². The van der Waals surface area contributed by atoms with Crippen LogP contribution in [0.15, 0.2) is 0 Å². The van der Waals surface area contributed by atoms with Crippen molar-refractivity contribution in [3.05, 3.63) is 0 Å². The standard InChI is InChI=1S/C12H23N3O/c1-7(11(2,3)4)15-5-8-9(6-15)12(8,14)10(13)16/h7-9H,5-6,14H2,1-4H3,(H2,13,16). The van der Waals surface area contributed by atoms with Gasteiger partial charge in [0, 0.05) is 31.0 Å². The lowest BCUT2D eigenvalue weighted by Gasteiger charge is -2.37. The Hall–Kier alpha value is -0.610. The summed E-state index contributed by atoms with van der Waals surface area (Å²) in [4.78, 5) is 13.7. The third-order valence-corrected chi connectivity index (χ3v) is 4.69. The molecule has 2 aliphatic rings. The normalized spacial score (nSPS) is 40.6. The van der Waals surface area contributed by atoms with Crippen molar-refractivity contribution in [2.75, 3.05) is 13.1 Å². The van der Waals surface area contributed by atoms with Crippen LogP contribution >= 0.6 is 0 Å². The summed E-state index contributed by atoms with van der Waals surface area (Å²) in [6, 6.07) is 0.512. The van der Waals surface area contributed by atoms with Gasteiger partial charge in [-0.25, -0.2) is 0 Å². The highest BCUT2D eigenvalue weighted by molar-refractivity contribution is 5.89. The topological polar surface area (TPSA) is 72.3 Å². The Morgan fingerprint density at radius 2 is 1.81 bits per heavy atom. The average molecular weight is 225 g/mol. The first-order valence-corrected chi connectivity index (χ1v) is 6.02. The molecule has 0 aromatic carbocycles. The molecule has 1 aliphatic heterocycles. The molecule has 2 fully saturated rings. The number of hydrogen-bond donors (Lipinski definition) is 2. The highest BCUT2D eigenvalue weighted by Crippen LogP contribution is 2.54. The van der Waals surface area contributed by atoms with Crippen LogP contribution in [0.2, 0.25) is 0 Å². The molecule has 1 saturated heterocycles. The second-order valence-electron chi connectivity index (χ2n) is 6.51. The van der Waals surface area contributed by atoms with E-state index >= 15 is 0 Å². The molecule has 92 valence electrons. The number of carbonyl (C=O) groups excluding carboxylic acids is 1. The Balaban J connectivity index is 1.99. The summed E-state index contributed by atoms with van der Waals surface area (Å²) in [7, 11) is 0. The predicted molar refractivity (Wildman–Crippen MR) is 63.6 cm³/mol. The van der Waals surface area contributed by atoms with Gasteiger partial charge in [-0.1, -0.05) is 20.8 Å². The van der Waals surface area contributed by atoms with Crippen LogP contribution in [0, 0.1) is 17.3 Å². The Kier molecular flexibility index (Phi) is 2.37. The summed E-state index contributed by atoms with van der Waals surface area (Å²) < 4.78 is 0. The first-order chi connectivity index (χ1) is 7.19. The molecular weight excluding hydrogens is 202 g/mol. The third-order valence-electron chi connectivity index (χ3n) is 4.69. The van der Waals surface area contributed by atoms with Gasteiger partial charge in [0.25, 0.3) is 0 Å². The van der Waals surface area contributed by atoms with Crippen molar-refractivity contribution in [2.45, 2.75) is 39.3 Å². The van der Waals surface area contributed by atoms with E-state index in [1.807, 2.05) is 0 Å². The van der Waals surface area contributed by atoms with Crippen LogP contribution in [0.1, 0.15) is 27.7 Å². The van der Waals surface area contributed by atoms with Gasteiger partial charge in [0.2, 0.25) is 5.91 Å². The van der Waals surface area contributed by atoms with Crippen molar-refractivity contribution >= 4 is 5.91 Å². The fraction of sp³-hybridized carbons (Fsp3) is 0.917. The minimum Gasteiger partial charge on any atom is -0.368 e. The third kappa shape index (κ3) is 1.47. The molecule has 16 heavy (non-hydrogen) atoms. The molecule has 0 spiro atoms. The van der Waals surface area contributed by atoms with Crippen LogP contribution in [-0.2, 0) is 4.79 Å². The molecular formula is C12H23N3O. The van der Waals surface area contributed by atoms with Crippen LogP contribution in [0.4, 0.5) is 0 Å². The number of nitrogens with zero attached hydrogens (tertiary/aromatic N) is 1. The maximum Gasteiger partial charge on any atom is 0.238 e. The summed E-state index contributed by atoms with van der Waals surface area (Å²) in [5, 5.41) is 0. The SMILES string of the molecule is CC(N1CC2C(C1)C2(N)C(N)=O)C(C)(C)C. The van der Waals surface area contributed by atoms with Gasteiger partial charge in [0.05, 0.1) is 0 Å². The van der Waals surface area contributed by atoms with Crippen LogP contribution in [0.25, 0.3) is 0 Å². The lowest BCUT2D eigenvalue weighted by molar-refractivity contribution is -0.121. The zero-order valence-electron chi connectivity index (χ0n) is 10.7. The quantitative estimate of drug-likeness (QED) is 0.703. The smallest absolute Gasteiger partial charge is 0.238 e. The predicted octanol–water partition coefficient (Wildman–Crippen LogP) is 0.165. The molecule has 0 radical (unpaired) electrons. The van der Waals surface area contributed by atoms with E-state index in [1.54, 1.807) is 0 Å². The summed E-state index contributed by atoms with van der Waals surface area (Å²) >= 11 is 0. The van der Waals surface area contributed by atoms with Gasteiger partial charge >= 0.3 is 0 Å². The van der Waals surface area contributed by atoms with Crippen LogP contribution < -0.4 is 11.5 Å². The number of hydrogen-bond acceptors (Lipinski definition) is 3. The van der Waals surface area contributed by atoms with Gasteiger partial charge < -0.3 is 11.5 Å². The second-order valence-corrected chi connectivity index (χ2v) is 6.51. The Labute approximate surface area is 97.3 Å². The van der Waals surface area contributed by atoms with Gasteiger partial charge in [-0.15, -0.1) is 0 Å². The molecule has 1 saturated carbocycles. The number of piperidine rings is 1. The lowest BCUT2D eigenvalue weighted by Crippen LogP contribution is -2.50. The number of likely N-dealkylation sites (tertiary alicyclic amines) is 1. The Morgan fingerprint density at radius 1 is 1.38 bits per heavy atom. The monoisotopic (exact) mass is 225 g/mol. The Morgan fingerprint density at radius 3 is 2.12 bits per heavy atom. The fourth-order valence-corrected chi connectivity index (χ4v) is 2.93. The van der Waals surface area contributed by atoms with Crippen LogP contribution in [-0.4, -0.2) is 35.5 Å². The molecule has 3 unspecified atom stereocenters. The van der Waals surface area contributed by atoms with E-state index in [2.05, 4.69) is 32.6 Å². The van der Waals surface area contributed by atoms with Gasteiger partial charge in [-0.2, -0.15) is 0 Å². The number of rotatable bonds is 2. The summed E-state index contributed by atoms with van der Waals surface area (Å²) in [5.74, 6) is 0.246. The molecule has 4 N–H and O–H groups in total. The Bertz CT molecular complexity index is 309. The molecule has 1 amide bonds. The molecule has 4 heteroatoms. The van der Waals surface area contributed by atoms with Gasteiger partial charge in [0.15, 0.2) is 0 Å². The summed E-state index contributed by atoms with van der Waals surface area (Å²) in [6.45, 7) is 10.8. The molecule has 0 aromatic heterocycles. The molecule has 1 aliphatic carbocycles. The number of fused-ring (bicyclic) bond motifs is 1. The van der Waals surface area contributed by atoms with Gasteiger partial charge in [0.1, 0.15) is 5.54 Å². The largest absolute Gasteiger partial charge is 0.368 e. The van der Waals surface area contributed by atoms with E-state index in [-0.39, 0.29) is 23.2 Å².